The van der Waals surface area contributed by atoms with Crippen molar-refractivity contribution < 1.29 is 9.53 Å². The Kier molecular flexibility index (Phi) is 2.41. The van der Waals surface area contributed by atoms with E-state index < -0.39 is 0 Å². The highest BCUT2D eigenvalue weighted by Gasteiger charge is 2.44. The lowest BCUT2D eigenvalue weighted by Gasteiger charge is -2.33. The van der Waals surface area contributed by atoms with Crippen LogP contribution in [0, 0.1) is 0 Å². The number of nitrogens with zero attached hydrogens (tertiary/aromatic N) is 2. The van der Waals surface area contributed by atoms with Crippen LogP contribution in [0.5, 0.6) is 0 Å². The van der Waals surface area contributed by atoms with E-state index in [2.05, 4.69) is 11.9 Å². The maximum Gasteiger partial charge on any atom is 0.410 e. The minimum Gasteiger partial charge on any atom is -0.444 e. The van der Waals surface area contributed by atoms with Crippen LogP contribution in [0.3, 0.4) is 0 Å². The molecule has 15 heavy (non-hydrogen) atoms. The highest BCUT2D eigenvalue weighted by atomic mass is 16.6. The van der Waals surface area contributed by atoms with Gasteiger partial charge in [-0.3, -0.25) is 4.90 Å². The molecule has 0 unspecified atom stereocenters. The summed E-state index contributed by atoms with van der Waals surface area (Å²) in [6, 6.07) is 0.914. The molecule has 4 nitrogen and oxygen atoms in total. The quantitative estimate of drug-likeness (QED) is 0.607. The fourth-order valence-corrected chi connectivity index (χ4v) is 2.41. The van der Waals surface area contributed by atoms with Crippen molar-refractivity contribution in [1.29, 1.82) is 0 Å². The van der Waals surface area contributed by atoms with Crippen molar-refractivity contribution in [1.82, 2.24) is 9.80 Å². The molecule has 2 bridgehead atoms. The summed E-state index contributed by atoms with van der Waals surface area (Å²) in [5.74, 6) is 0. The van der Waals surface area contributed by atoms with E-state index in [0.717, 1.165) is 19.5 Å². The van der Waals surface area contributed by atoms with Gasteiger partial charge in [-0.05, 0) is 34.2 Å². The van der Waals surface area contributed by atoms with E-state index in [1.165, 1.54) is 0 Å². The molecule has 0 aromatic carbocycles. The van der Waals surface area contributed by atoms with Crippen molar-refractivity contribution >= 4 is 6.09 Å². The molecule has 2 heterocycles. The standard InChI is InChI=1S/C11H20N2O2/c1-11(2,3)15-10(14)13-7-8-5-9(13)6-12(8)4/h8-9H,5-7H2,1-4H3/t8-,9-/m1/s1. The SMILES string of the molecule is CN1C[C@H]2C[C@@H]1CN2C(=O)OC(C)(C)C. The Morgan fingerprint density at radius 3 is 2.33 bits per heavy atom. The third-order valence-electron chi connectivity index (χ3n) is 3.14. The average molecular weight is 212 g/mol. The summed E-state index contributed by atoms with van der Waals surface area (Å²) in [4.78, 5) is 16.1. The largest absolute Gasteiger partial charge is 0.444 e. The van der Waals surface area contributed by atoms with Crippen LogP contribution >= 0.6 is 0 Å². The lowest BCUT2D eigenvalue weighted by atomic mass is 10.2. The molecule has 1 amide bonds. The molecule has 2 saturated heterocycles. The number of piperazine rings is 1. The monoisotopic (exact) mass is 212 g/mol. The number of amides is 1. The number of ether oxygens (including phenoxy) is 1. The molecule has 0 spiro atoms. The lowest BCUT2D eigenvalue weighted by molar-refractivity contribution is 0.0147. The van der Waals surface area contributed by atoms with Gasteiger partial charge in [0.15, 0.2) is 0 Å². The Bertz CT molecular complexity index is 270. The number of likely N-dealkylation sites (N-methyl/N-ethyl adjacent to an activating group) is 1. The number of carbonyl (C=O) groups is 1. The molecule has 0 aromatic heterocycles. The zero-order chi connectivity index (χ0) is 11.2. The molecule has 2 aliphatic heterocycles. The van der Waals surface area contributed by atoms with E-state index in [9.17, 15) is 4.79 Å². The summed E-state index contributed by atoms with van der Waals surface area (Å²) in [6.45, 7) is 7.54. The van der Waals surface area contributed by atoms with Crippen molar-refractivity contribution in [3.05, 3.63) is 0 Å². The average Bonchev–Trinajstić information content (AvgIpc) is 2.58. The van der Waals surface area contributed by atoms with Gasteiger partial charge in [-0.2, -0.15) is 0 Å². The van der Waals surface area contributed by atoms with Crippen molar-refractivity contribution in [2.45, 2.75) is 44.9 Å². The molecule has 0 N–H and O–H groups in total. The normalized spacial score (nSPS) is 31.1. The van der Waals surface area contributed by atoms with Crippen LogP contribution in [0.1, 0.15) is 27.2 Å². The fraction of sp³-hybridized carbons (Fsp3) is 0.909. The van der Waals surface area contributed by atoms with Crippen molar-refractivity contribution in [2.24, 2.45) is 0 Å². The van der Waals surface area contributed by atoms with E-state index in [1.807, 2.05) is 25.7 Å². The topological polar surface area (TPSA) is 32.8 Å². The van der Waals surface area contributed by atoms with Crippen LogP contribution in [0.15, 0.2) is 0 Å². The molecule has 4 heteroatoms. The van der Waals surface area contributed by atoms with E-state index in [4.69, 9.17) is 4.74 Å². The van der Waals surface area contributed by atoms with Gasteiger partial charge < -0.3 is 9.64 Å². The first kappa shape index (κ1) is 10.7. The van der Waals surface area contributed by atoms with Crippen molar-refractivity contribution in [3.8, 4) is 0 Å². The smallest absolute Gasteiger partial charge is 0.410 e. The van der Waals surface area contributed by atoms with Gasteiger partial charge >= 0.3 is 6.09 Å². The first-order chi connectivity index (χ1) is 6.87. The number of fused-ring (bicyclic) bond motifs is 2. The maximum atomic E-state index is 11.8. The van der Waals surface area contributed by atoms with Crippen LogP contribution in [-0.2, 0) is 4.74 Å². The van der Waals surface area contributed by atoms with Crippen LogP contribution in [-0.4, -0.2) is 53.7 Å². The third-order valence-corrected chi connectivity index (χ3v) is 3.14. The Morgan fingerprint density at radius 1 is 1.27 bits per heavy atom. The molecule has 2 rings (SSSR count). The number of likely N-dealkylation sites (tertiary alicyclic amines) is 2. The number of carbonyl (C=O) groups excluding carboxylic acids is 1. The summed E-state index contributed by atoms with van der Waals surface area (Å²) in [5, 5.41) is 0. The van der Waals surface area contributed by atoms with E-state index in [-0.39, 0.29) is 11.7 Å². The van der Waals surface area contributed by atoms with E-state index >= 15 is 0 Å². The van der Waals surface area contributed by atoms with E-state index in [0.29, 0.717) is 12.1 Å². The predicted molar refractivity (Wildman–Crippen MR) is 57.8 cm³/mol. The van der Waals surface area contributed by atoms with Crippen LogP contribution in [0.25, 0.3) is 0 Å². The predicted octanol–water partition coefficient (Wildman–Crippen LogP) is 1.31. The van der Waals surface area contributed by atoms with Gasteiger partial charge in [0.25, 0.3) is 0 Å². The first-order valence-corrected chi connectivity index (χ1v) is 5.57. The zero-order valence-electron chi connectivity index (χ0n) is 9.99. The van der Waals surface area contributed by atoms with Crippen molar-refractivity contribution in [3.63, 3.8) is 0 Å². The lowest BCUT2D eigenvalue weighted by Crippen LogP contribution is -2.48. The number of rotatable bonds is 0. The Balaban J connectivity index is 1.94. The number of hydrogen-bond donors (Lipinski definition) is 0. The maximum absolute atomic E-state index is 11.8. The molecular weight excluding hydrogens is 192 g/mol. The van der Waals surface area contributed by atoms with Gasteiger partial charge in [-0.15, -0.1) is 0 Å². The minimum absolute atomic E-state index is 0.150. The minimum atomic E-state index is -0.384. The molecule has 0 aromatic rings. The summed E-state index contributed by atoms with van der Waals surface area (Å²) in [7, 11) is 2.12. The third kappa shape index (κ3) is 2.09. The molecule has 86 valence electrons. The molecule has 0 radical (unpaired) electrons. The van der Waals surface area contributed by atoms with Gasteiger partial charge in [0.05, 0.1) is 0 Å². The van der Waals surface area contributed by atoms with Gasteiger partial charge in [0.1, 0.15) is 5.60 Å². The summed E-state index contributed by atoms with van der Waals surface area (Å²) in [5.41, 5.74) is -0.384. The Morgan fingerprint density at radius 2 is 1.93 bits per heavy atom. The molecule has 0 saturated carbocycles. The Labute approximate surface area is 91.2 Å². The zero-order valence-corrected chi connectivity index (χ0v) is 9.99. The van der Waals surface area contributed by atoms with Crippen molar-refractivity contribution in [2.75, 3.05) is 20.1 Å². The van der Waals surface area contributed by atoms with Gasteiger partial charge in [-0.25, -0.2) is 4.79 Å². The second-order valence-corrected chi connectivity index (χ2v) is 5.62. The van der Waals surface area contributed by atoms with Gasteiger partial charge in [0, 0.05) is 25.2 Å². The fourth-order valence-electron chi connectivity index (χ4n) is 2.41. The second-order valence-electron chi connectivity index (χ2n) is 5.62. The van der Waals surface area contributed by atoms with Crippen LogP contribution < -0.4 is 0 Å². The van der Waals surface area contributed by atoms with E-state index in [1.54, 1.807) is 0 Å². The molecule has 2 fully saturated rings. The molecule has 0 aliphatic carbocycles. The second kappa shape index (κ2) is 3.37. The van der Waals surface area contributed by atoms with Gasteiger partial charge in [0.2, 0.25) is 0 Å². The summed E-state index contributed by atoms with van der Waals surface area (Å²) < 4.78 is 5.38. The van der Waals surface area contributed by atoms with Crippen LogP contribution in [0.2, 0.25) is 0 Å². The highest BCUT2D eigenvalue weighted by molar-refractivity contribution is 5.69. The molecule has 2 atom stereocenters. The summed E-state index contributed by atoms with van der Waals surface area (Å²) >= 11 is 0. The van der Waals surface area contributed by atoms with Gasteiger partial charge in [-0.1, -0.05) is 0 Å². The highest BCUT2D eigenvalue weighted by Crippen LogP contribution is 2.30. The number of hydrogen-bond acceptors (Lipinski definition) is 3. The van der Waals surface area contributed by atoms with Crippen LogP contribution in [0.4, 0.5) is 4.79 Å². The summed E-state index contributed by atoms with van der Waals surface area (Å²) in [6.07, 6.45) is 0.957. The Hall–Kier alpha value is -0.770. The molecule has 2 aliphatic rings. The molecular formula is C11H20N2O2. The first-order valence-electron chi connectivity index (χ1n) is 5.57.